The first-order chi connectivity index (χ1) is 8.11. The van der Waals surface area contributed by atoms with E-state index in [9.17, 15) is 9.18 Å². The molecule has 17 heavy (non-hydrogen) atoms. The van der Waals surface area contributed by atoms with Crippen LogP contribution >= 0.6 is 0 Å². The Balaban J connectivity index is 2.28. The van der Waals surface area contributed by atoms with Gasteiger partial charge in [0.25, 0.3) is 0 Å². The molecule has 0 bridgehead atoms. The summed E-state index contributed by atoms with van der Waals surface area (Å²) in [6.45, 7) is 4.74. The molecule has 0 aromatic heterocycles. The van der Waals surface area contributed by atoms with E-state index in [-0.39, 0.29) is 11.7 Å². The zero-order valence-corrected chi connectivity index (χ0v) is 10.3. The third-order valence-electron chi connectivity index (χ3n) is 2.60. The molecule has 1 aromatic carbocycles. The zero-order valence-electron chi connectivity index (χ0n) is 10.3. The summed E-state index contributed by atoms with van der Waals surface area (Å²) >= 11 is 0. The molecular weight excluding hydrogens is 219 g/mol. The van der Waals surface area contributed by atoms with E-state index in [2.05, 4.69) is 17.6 Å². The second-order valence-corrected chi connectivity index (χ2v) is 4.10. The van der Waals surface area contributed by atoms with Crippen molar-refractivity contribution in [3.05, 3.63) is 35.6 Å². The average Bonchev–Trinajstić information content (AvgIpc) is 2.33. The van der Waals surface area contributed by atoms with Gasteiger partial charge in [-0.1, -0.05) is 19.1 Å². The van der Waals surface area contributed by atoms with Crippen LogP contribution in [0, 0.1) is 5.82 Å². The molecule has 0 aliphatic heterocycles. The van der Waals surface area contributed by atoms with Gasteiger partial charge in [-0.2, -0.15) is 0 Å². The molecule has 0 saturated heterocycles. The summed E-state index contributed by atoms with van der Waals surface area (Å²) in [5.41, 5.74) is 0.766. The molecule has 2 N–H and O–H groups in total. The summed E-state index contributed by atoms with van der Waals surface area (Å²) < 4.78 is 12.9. The van der Waals surface area contributed by atoms with Gasteiger partial charge in [0.05, 0.1) is 6.54 Å². The lowest BCUT2D eigenvalue weighted by Gasteiger charge is -2.11. The molecule has 3 nitrogen and oxygen atoms in total. The largest absolute Gasteiger partial charge is 0.351 e. The monoisotopic (exact) mass is 238 g/mol. The molecule has 1 aromatic rings. The highest BCUT2D eigenvalue weighted by Crippen LogP contribution is 2.02. The molecular formula is C13H19FN2O. The topological polar surface area (TPSA) is 41.1 Å². The number of amides is 1. The van der Waals surface area contributed by atoms with Crippen molar-refractivity contribution in [1.82, 2.24) is 10.6 Å². The van der Waals surface area contributed by atoms with E-state index in [1.165, 1.54) is 12.1 Å². The van der Waals surface area contributed by atoms with Gasteiger partial charge in [-0.15, -0.1) is 0 Å². The normalized spacial score (nSPS) is 12.2. The fourth-order valence-corrected chi connectivity index (χ4v) is 1.32. The fourth-order valence-electron chi connectivity index (χ4n) is 1.32. The molecule has 0 heterocycles. The van der Waals surface area contributed by atoms with Crippen molar-refractivity contribution in [2.45, 2.75) is 32.9 Å². The summed E-state index contributed by atoms with van der Waals surface area (Å²) in [6.07, 6.45) is 0.983. The smallest absolute Gasteiger partial charge is 0.234 e. The Morgan fingerprint density at radius 2 is 2.24 bits per heavy atom. The quantitative estimate of drug-likeness (QED) is 0.794. The van der Waals surface area contributed by atoms with Crippen molar-refractivity contribution >= 4 is 5.91 Å². The number of halogens is 1. The molecule has 94 valence electrons. The molecule has 0 radical (unpaired) electrons. The lowest BCUT2D eigenvalue weighted by atomic mass is 10.2. The Hall–Kier alpha value is -1.42. The number of hydrogen-bond donors (Lipinski definition) is 2. The van der Waals surface area contributed by atoms with Gasteiger partial charge in [-0.25, -0.2) is 4.39 Å². The highest BCUT2D eigenvalue weighted by molar-refractivity contribution is 5.77. The summed E-state index contributed by atoms with van der Waals surface area (Å²) in [5.74, 6) is -0.357. The second-order valence-electron chi connectivity index (χ2n) is 4.10. The molecule has 1 rings (SSSR count). The summed E-state index contributed by atoms with van der Waals surface area (Å²) in [7, 11) is 0. The third kappa shape index (κ3) is 5.45. The van der Waals surface area contributed by atoms with Crippen molar-refractivity contribution in [3.8, 4) is 0 Å². The van der Waals surface area contributed by atoms with Crippen LogP contribution in [0.3, 0.4) is 0 Å². The van der Waals surface area contributed by atoms with Gasteiger partial charge in [0.1, 0.15) is 5.82 Å². The van der Waals surface area contributed by atoms with E-state index in [4.69, 9.17) is 0 Å². The number of carbonyl (C=O) groups excluding carboxylic acids is 1. The summed E-state index contributed by atoms with van der Waals surface area (Å²) in [6, 6.07) is 6.55. The van der Waals surface area contributed by atoms with Crippen molar-refractivity contribution < 1.29 is 9.18 Å². The van der Waals surface area contributed by atoms with Crippen molar-refractivity contribution in [3.63, 3.8) is 0 Å². The van der Waals surface area contributed by atoms with Crippen LogP contribution in [0.15, 0.2) is 24.3 Å². The molecule has 0 fully saturated rings. The molecule has 4 heteroatoms. The van der Waals surface area contributed by atoms with E-state index in [0.29, 0.717) is 19.1 Å². The van der Waals surface area contributed by atoms with Gasteiger partial charge in [0.15, 0.2) is 0 Å². The Morgan fingerprint density at radius 1 is 1.47 bits per heavy atom. The minimum atomic E-state index is -0.283. The molecule has 1 unspecified atom stereocenters. The number of hydrogen-bond acceptors (Lipinski definition) is 2. The highest BCUT2D eigenvalue weighted by atomic mass is 19.1. The minimum Gasteiger partial charge on any atom is -0.351 e. The maximum atomic E-state index is 12.9. The summed E-state index contributed by atoms with van der Waals surface area (Å²) in [4.78, 5) is 11.5. The van der Waals surface area contributed by atoms with E-state index >= 15 is 0 Å². The van der Waals surface area contributed by atoms with Crippen LogP contribution in [-0.4, -0.2) is 18.5 Å². The maximum Gasteiger partial charge on any atom is 0.234 e. The van der Waals surface area contributed by atoms with Crippen LogP contribution in [0.1, 0.15) is 25.8 Å². The summed E-state index contributed by atoms with van der Waals surface area (Å²) in [5, 5.41) is 5.83. The third-order valence-corrected chi connectivity index (χ3v) is 2.60. The Kier molecular flexibility index (Phi) is 5.63. The SMILES string of the molecule is CCC(C)NCC(=O)NCc1cccc(F)c1. The van der Waals surface area contributed by atoms with Gasteiger partial charge >= 0.3 is 0 Å². The average molecular weight is 238 g/mol. The molecule has 0 spiro atoms. The zero-order chi connectivity index (χ0) is 12.7. The lowest BCUT2D eigenvalue weighted by Crippen LogP contribution is -2.37. The predicted octanol–water partition coefficient (Wildman–Crippen LogP) is 1.83. The van der Waals surface area contributed by atoms with E-state index in [1.54, 1.807) is 12.1 Å². The van der Waals surface area contributed by atoms with Crippen LogP contribution in [0.4, 0.5) is 4.39 Å². The van der Waals surface area contributed by atoms with Gasteiger partial charge in [-0.3, -0.25) is 4.79 Å². The molecule has 1 amide bonds. The van der Waals surface area contributed by atoms with Crippen molar-refractivity contribution in [1.29, 1.82) is 0 Å². The fraction of sp³-hybridized carbons (Fsp3) is 0.462. The number of carbonyl (C=O) groups is 1. The second kappa shape index (κ2) is 7.01. The molecule has 0 aliphatic rings. The van der Waals surface area contributed by atoms with Gasteiger partial charge in [0.2, 0.25) is 5.91 Å². The van der Waals surface area contributed by atoms with Crippen LogP contribution in [-0.2, 0) is 11.3 Å². The van der Waals surface area contributed by atoms with Crippen molar-refractivity contribution in [2.75, 3.05) is 6.54 Å². The van der Waals surface area contributed by atoms with Crippen LogP contribution in [0.5, 0.6) is 0 Å². The van der Waals surface area contributed by atoms with E-state index in [0.717, 1.165) is 12.0 Å². The van der Waals surface area contributed by atoms with E-state index in [1.807, 2.05) is 6.92 Å². The maximum absolute atomic E-state index is 12.9. The standard InChI is InChI=1S/C13H19FN2O/c1-3-10(2)15-9-13(17)16-8-11-5-4-6-12(14)7-11/h4-7,10,15H,3,8-9H2,1-2H3,(H,16,17). The van der Waals surface area contributed by atoms with Crippen LogP contribution in [0.25, 0.3) is 0 Å². The Morgan fingerprint density at radius 3 is 2.88 bits per heavy atom. The first-order valence-corrected chi connectivity index (χ1v) is 5.86. The molecule has 0 saturated carbocycles. The Labute approximate surface area is 101 Å². The van der Waals surface area contributed by atoms with Crippen LogP contribution in [0.2, 0.25) is 0 Å². The van der Waals surface area contributed by atoms with Gasteiger partial charge in [-0.05, 0) is 31.0 Å². The number of rotatable bonds is 6. The van der Waals surface area contributed by atoms with Crippen molar-refractivity contribution in [2.24, 2.45) is 0 Å². The number of nitrogens with one attached hydrogen (secondary N) is 2. The highest BCUT2D eigenvalue weighted by Gasteiger charge is 2.03. The predicted molar refractivity (Wildman–Crippen MR) is 66.0 cm³/mol. The van der Waals surface area contributed by atoms with Crippen LogP contribution < -0.4 is 10.6 Å². The van der Waals surface area contributed by atoms with E-state index < -0.39 is 0 Å². The lowest BCUT2D eigenvalue weighted by molar-refractivity contribution is -0.120. The van der Waals surface area contributed by atoms with Gasteiger partial charge < -0.3 is 10.6 Å². The first kappa shape index (κ1) is 13.6. The van der Waals surface area contributed by atoms with Gasteiger partial charge in [0, 0.05) is 12.6 Å². The molecule has 0 aliphatic carbocycles. The first-order valence-electron chi connectivity index (χ1n) is 5.86. The Bertz CT molecular complexity index is 368. The molecule has 1 atom stereocenters. The minimum absolute atomic E-state index is 0.0745. The number of benzene rings is 1.